The molecule has 0 unspecified atom stereocenters. The van der Waals surface area contributed by atoms with Gasteiger partial charge in [0, 0.05) is 49.4 Å². The molecule has 5 heterocycles. The minimum atomic E-state index is -0.623. The number of anilines is 2. The molecule has 8 nitrogen and oxygen atoms in total. The van der Waals surface area contributed by atoms with Gasteiger partial charge in [0.2, 0.25) is 5.95 Å². The normalized spacial score (nSPS) is 18.9. The van der Waals surface area contributed by atoms with Crippen molar-refractivity contribution in [3.8, 4) is 11.3 Å². The van der Waals surface area contributed by atoms with Crippen molar-refractivity contribution in [1.82, 2.24) is 34.3 Å². The number of alkyl halides is 1. The molecule has 3 aliphatic rings. The lowest BCUT2D eigenvalue weighted by Gasteiger charge is -2.40. The first-order valence-electron chi connectivity index (χ1n) is 15.5. The van der Waals surface area contributed by atoms with E-state index in [4.69, 9.17) is 4.98 Å². The molecule has 0 radical (unpaired) electrons. The molecule has 3 aromatic heterocycles. The van der Waals surface area contributed by atoms with Crippen molar-refractivity contribution < 1.29 is 13.2 Å². The van der Waals surface area contributed by atoms with Crippen molar-refractivity contribution in [2.24, 2.45) is 0 Å². The summed E-state index contributed by atoms with van der Waals surface area (Å²) in [6, 6.07) is 7.85. The molecule has 1 N–H and O–H groups in total. The van der Waals surface area contributed by atoms with Gasteiger partial charge >= 0.3 is 0 Å². The fourth-order valence-corrected chi connectivity index (χ4v) is 7.22. The highest BCUT2D eigenvalue weighted by Crippen LogP contribution is 2.36. The number of aromatic nitrogens is 5. The number of piperidine rings is 1. The molecule has 1 aliphatic carbocycles. The molecular weight excluding hydrogens is 553 g/mol. The van der Waals surface area contributed by atoms with Crippen molar-refractivity contribution in [2.45, 2.75) is 70.5 Å². The van der Waals surface area contributed by atoms with Crippen LogP contribution in [0.25, 0.3) is 22.3 Å². The molecule has 43 heavy (non-hydrogen) atoms. The SMILES string of the molecule is Cc1nc2c(F)cc(-c3nc(Nc4ccc5c(n4)CCN(C4CCN(CCF)CC4)C5)ncc3F)cc2n1C1CCCC1. The van der Waals surface area contributed by atoms with E-state index in [1.165, 1.54) is 11.6 Å². The van der Waals surface area contributed by atoms with E-state index < -0.39 is 11.6 Å². The molecule has 2 fully saturated rings. The Balaban J connectivity index is 1.09. The van der Waals surface area contributed by atoms with Crippen LogP contribution >= 0.6 is 0 Å². The number of likely N-dealkylation sites (tertiary alicyclic amines) is 1. The molecule has 0 atom stereocenters. The minimum absolute atomic E-state index is 0.0290. The topological polar surface area (TPSA) is 75.0 Å². The van der Waals surface area contributed by atoms with Gasteiger partial charge < -0.3 is 14.8 Å². The van der Waals surface area contributed by atoms with Gasteiger partial charge in [0.25, 0.3) is 0 Å². The lowest BCUT2D eigenvalue weighted by molar-refractivity contribution is 0.0945. The molecule has 0 bridgehead atoms. The summed E-state index contributed by atoms with van der Waals surface area (Å²) in [5.41, 5.74) is 3.58. The lowest BCUT2D eigenvalue weighted by atomic mass is 9.98. The molecule has 0 amide bonds. The summed E-state index contributed by atoms with van der Waals surface area (Å²) in [5.74, 6) is 0.435. The van der Waals surface area contributed by atoms with Gasteiger partial charge in [0.1, 0.15) is 29.5 Å². The zero-order chi connectivity index (χ0) is 29.5. The number of halogens is 3. The van der Waals surface area contributed by atoms with Gasteiger partial charge in [0.15, 0.2) is 11.6 Å². The Kier molecular flexibility index (Phi) is 7.77. The lowest BCUT2D eigenvalue weighted by Crippen LogP contribution is -2.47. The van der Waals surface area contributed by atoms with Gasteiger partial charge in [-0.25, -0.2) is 33.1 Å². The third-order valence-electron chi connectivity index (χ3n) is 9.42. The quantitative estimate of drug-likeness (QED) is 0.278. The molecule has 226 valence electrons. The van der Waals surface area contributed by atoms with E-state index in [0.717, 1.165) is 88.8 Å². The van der Waals surface area contributed by atoms with Crippen LogP contribution in [0.1, 0.15) is 61.6 Å². The van der Waals surface area contributed by atoms with Crippen LogP contribution in [0.3, 0.4) is 0 Å². The van der Waals surface area contributed by atoms with Crippen LogP contribution in [-0.4, -0.2) is 73.2 Å². The highest BCUT2D eigenvalue weighted by atomic mass is 19.1. The zero-order valence-electron chi connectivity index (χ0n) is 24.5. The van der Waals surface area contributed by atoms with Crippen LogP contribution in [0.15, 0.2) is 30.5 Å². The second kappa shape index (κ2) is 11.8. The van der Waals surface area contributed by atoms with Crippen LogP contribution in [0.2, 0.25) is 0 Å². The number of fused-ring (bicyclic) bond motifs is 2. The van der Waals surface area contributed by atoms with Crippen molar-refractivity contribution in [3.63, 3.8) is 0 Å². The first kappa shape index (κ1) is 28.2. The Morgan fingerprint density at radius 2 is 1.74 bits per heavy atom. The Hall–Kier alpha value is -3.57. The Morgan fingerprint density at radius 3 is 2.53 bits per heavy atom. The number of nitrogens with zero attached hydrogens (tertiary/aromatic N) is 7. The van der Waals surface area contributed by atoms with Crippen molar-refractivity contribution >= 4 is 22.8 Å². The number of benzene rings is 1. The van der Waals surface area contributed by atoms with Crippen LogP contribution in [-0.2, 0) is 13.0 Å². The van der Waals surface area contributed by atoms with Crippen molar-refractivity contribution in [3.05, 3.63) is 59.2 Å². The molecule has 11 heteroatoms. The number of nitrogens with one attached hydrogen (secondary N) is 1. The summed E-state index contributed by atoms with van der Waals surface area (Å²) in [7, 11) is 0. The second-order valence-electron chi connectivity index (χ2n) is 12.1. The predicted octanol–water partition coefficient (Wildman–Crippen LogP) is 6.13. The first-order chi connectivity index (χ1) is 21.0. The Bertz CT molecular complexity index is 1620. The van der Waals surface area contributed by atoms with E-state index in [1.54, 1.807) is 6.07 Å². The molecule has 7 rings (SSSR count). The van der Waals surface area contributed by atoms with Gasteiger partial charge in [-0.3, -0.25) is 4.90 Å². The molecule has 1 saturated heterocycles. The fraction of sp³-hybridized carbons (Fsp3) is 0.500. The number of rotatable bonds is 7. The summed E-state index contributed by atoms with van der Waals surface area (Å²) < 4.78 is 45.1. The summed E-state index contributed by atoms with van der Waals surface area (Å²) in [6.07, 6.45) is 8.40. The molecule has 2 aliphatic heterocycles. The molecular formula is C32H37F3N8. The van der Waals surface area contributed by atoms with E-state index in [-0.39, 0.29) is 24.4 Å². The van der Waals surface area contributed by atoms with Crippen LogP contribution in [0.4, 0.5) is 24.9 Å². The van der Waals surface area contributed by atoms with E-state index in [2.05, 4.69) is 40.7 Å². The Morgan fingerprint density at radius 1 is 0.930 bits per heavy atom. The van der Waals surface area contributed by atoms with Gasteiger partial charge in [-0.1, -0.05) is 18.9 Å². The summed E-state index contributed by atoms with van der Waals surface area (Å²) >= 11 is 0. The minimum Gasteiger partial charge on any atom is -0.325 e. The zero-order valence-corrected chi connectivity index (χ0v) is 24.5. The maximum atomic E-state index is 15.3. The van der Waals surface area contributed by atoms with Crippen molar-refractivity contribution in [2.75, 3.05) is 38.2 Å². The Labute approximate surface area is 249 Å². The number of aryl methyl sites for hydroxylation is 1. The largest absolute Gasteiger partial charge is 0.325 e. The summed E-state index contributed by atoms with van der Waals surface area (Å²) in [4.78, 5) is 22.7. The first-order valence-corrected chi connectivity index (χ1v) is 15.5. The third kappa shape index (κ3) is 5.60. The maximum absolute atomic E-state index is 15.3. The van der Waals surface area contributed by atoms with Crippen LogP contribution in [0, 0.1) is 18.6 Å². The van der Waals surface area contributed by atoms with Crippen LogP contribution < -0.4 is 5.32 Å². The third-order valence-corrected chi connectivity index (χ3v) is 9.42. The molecule has 1 saturated carbocycles. The highest BCUT2D eigenvalue weighted by molar-refractivity contribution is 5.83. The highest BCUT2D eigenvalue weighted by Gasteiger charge is 2.28. The molecule has 1 aromatic carbocycles. The smallest absolute Gasteiger partial charge is 0.229 e. The van der Waals surface area contributed by atoms with Crippen molar-refractivity contribution in [1.29, 1.82) is 0 Å². The predicted molar refractivity (Wildman–Crippen MR) is 160 cm³/mol. The number of hydrogen-bond acceptors (Lipinski definition) is 7. The van der Waals surface area contributed by atoms with Gasteiger partial charge in [0.05, 0.1) is 11.7 Å². The summed E-state index contributed by atoms with van der Waals surface area (Å²) in [6.45, 7) is 5.82. The molecule has 4 aromatic rings. The van der Waals surface area contributed by atoms with E-state index in [9.17, 15) is 4.39 Å². The fourth-order valence-electron chi connectivity index (χ4n) is 7.22. The van der Waals surface area contributed by atoms with Gasteiger partial charge in [-0.05, 0) is 69.5 Å². The van der Waals surface area contributed by atoms with E-state index in [1.807, 2.05) is 13.0 Å². The molecule has 0 spiro atoms. The van der Waals surface area contributed by atoms with Crippen LogP contribution in [0.5, 0.6) is 0 Å². The van der Waals surface area contributed by atoms with Gasteiger partial charge in [-0.15, -0.1) is 0 Å². The average molecular weight is 591 g/mol. The second-order valence-corrected chi connectivity index (χ2v) is 12.1. The van der Waals surface area contributed by atoms with E-state index >= 15 is 8.78 Å². The number of hydrogen-bond donors (Lipinski definition) is 1. The standard InChI is InChI=1S/C32H37F3N8/c1-20-37-31-25(34)16-22(17-28(31)43(20)24-4-2-3-5-24)30-26(35)18-36-32(40-30)39-29-7-6-21-19-42(14-10-27(21)38-29)23-8-12-41(13-9-23)15-11-33/h6-7,16-18,23-24H,2-5,8-15,19H2,1H3,(H,36,38,39,40). The average Bonchev–Trinajstić information content (AvgIpc) is 3.66. The maximum Gasteiger partial charge on any atom is 0.229 e. The number of imidazole rings is 1. The van der Waals surface area contributed by atoms with Gasteiger partial charge in [-0.2, -0.15) is 0 Å². The number of pyridine rings is 1. The monoisotopic (exact) mass is 590 g/mol. The van der Waals surface area contributed by atoms with E-state index in [0.29, 0.717) is 35.0 Å². The summed E-state index contributed by atoms with van der Waals surface area (Å²) in [5, 5.41) is 3.13.